The molecule has 0 saturated heterocycles. The van der Waals surface area contributed by atoms with E-state index in [9.17, 15) is 0 Å². The normalized spacial score (nSPS) is 10.4. The maximum Gasteiger partial charge on any atom is 0.183 e. The lowest BCUT2D eigenvalue weighted by Gasteiger charge is -2.08. The average molecular weight is 447 g/mol. The van der Waals surface area contributed by atoms with E-state index in [-0.39, 0.29) is 17.0 Å². The molecule has 0 saturated carbocycles. The Morgan fingerprint density at radius 2 is 1.96 bits per heavy atom. The Labute approximate surface area is 171 Å². The number of hydrogen-bond donors (Lipinski definition) is 1. The summed E-state index contributed by atoms with van der Waals surface area (Å²) in [6.45, 7) is 0.702. The highest BCUT2D eigenvalue weighted by atomic mass is 79.9. The van der Waals surface area contributed by atoms with Gasteiger partial charge in [-0.05, 0) is 35.9 Å². The average Bonchev–Trinajstić information content (AvgIpc) is 3.34. The van der Waals surface area contributed by atoms with E-state index in [1.165, 1.54) is 5.56 Å². The van der Waals surface area contributed by atoms with Crippen molar-refractivity contribution in [3.8, 4) is 22.8 Å². The molecule has 0 unspecified atom stereocenters. The van der Waals surface area contributed by atoms with Gasteiger partial charge in [0.05, 0.1) is 26.2 Å². The topological polar surface area (TPSA) is 56.5 Å². The van der Waals surface area contributed by atoms with Crippen LogP contribution in [0.2, 0.25) is 0 Å². The van der Waals surface area contributed by atoms with Crippen molar-refractivity contribution in [2.24, 2.45) is 0 Å². The molecule has 0 atom stereocenters. The van der Waals surface area contributed by atoms with Gasteiger partial charge in [-0.2, -0.15) is 0 Å². The Morgan fingerprint density at radius 1 is 1.07 bits per heavy atom. The fourth-order valence-corrected chi connectivity index (χ4v) is 3.50. The highest BCUT2D eigenvalue weighted by Gasteiger charge is 2.11. The number of nitrogens with zero attached hydrogens (tertiary/aromatic N) is 1. The Bertz CT molecular complexity index is 1040. The second-order valence-corrected chi connectivity index (χ2v) is 6.61. The van der Waals surface area contributed by atoms with Crippen molar-refractivity contribution in [3.63, 3.8) is 0 Å². The quantitative estimate of drug-likeness (QED) is 0.407. The molecule has 5 nitrogen and oxygen atoms in total. The molecule has 0 aliphatic rings. The number of halogens is 1. The fourth-order valence-electron chi connectivity index (χ4n) is 2.79. The summed E-state index contributed by atoms with van der Waals surface area (Å²) in [6, 6.07) is 13.9. The van der Waals surface area contributed by atoms with Crippen molar-refractivity contribution in [3.05, 3.63) is 59.7 Å². The Hall–Kier alpha value is -2.51. The minimum atomic E-state index is 0. The van der Waals surface area contributed by atoms with Gasteiger partial charge in [-0.15, -0.1) is 28.3 Å². The van der Waals surface area contributed by atoms with Crippen LogP contribution in [0, 0.1) is 0 Å². The third-order valence-corrected chi connectivity index (χ3v) is 4.95. The minimum absolute atomic E-state index is 0. The summed E-state index contributed by atoms with van der Waals surface area (Å²) in [5, 5.41) is 7.37. The SMILES string of the molecule is Br.COc1ccc(-c2csc(NCc3ccc4occc4c3)n2)c(OC)c1. The molecule has 1 N–H and O–H groups in total. The van der Waals surface area contributed by atoms with E-state index in [0.717, 1.165) is 38.9 Å². The summed E-state index contributed by atoms with van der Waals surface area (Å²) in [7, 11) is 3.29. The van der Waals surface area contributed by atoms with E-state index in [1.807, 2.05) is 35.7 Å². The first-order valence-corrected chi connectivity index (χ1v) is 9.03. The second-order valence-electron chi connectivity index (χ2n) is 5.75. The molecule has 4 aromatic rings. The maximum atomic E-state index is 5.47. The molecule has 2 aromatic carbocycles. The lowest BCUT2D eigenvalue weighted by molar-refractivity contribution is 0.395. The molecule has 0 fully saturated rings. The van der Waals surface area contributed by atoms with Crippen molar-refractivity contribution < 1.29 is 13.9 Å². The van der Waals surface area contributed by atoms with Gasteiger partial charge in [0, 0.05) is 28.9 Å². The summed E-state index contributed by atoms with van der Waals surface area (Å²) < 4.78 is 16.1. The van der Waals surface area contributed by atoms with E-state index in [0.29, 0.717) is 6.54 Å². The molecule has 2 heterocycles. The van der Waals surface area contributed by atoms with E-state index in [2.05, 4.69) is 22.4 Å². The molecular formula is C20H19BrN2O3S. The molecule has 0 spiro atoms. The summed E-state index contributed by atoms with van der Waals surface area (Å²) in [5.41, 5.74) is 3.90. The largest absolute Gasteiger partial charge is 0.497 e. The monoisotopic (exact) mass is 446 g/mol. The first-order valence-electron chi connectivity index (χ1n) is 8.15. The van der Waals surface area contributed by atoms with Crippen molar-refractivity contribution in [1.82, 2.24) is 4.98 Å². The van der Waals surface area contributed by atoms with Gasteiger partial charge in [0.1, 0.15) is 17.1 Å². The number of fused-ring (bicyclic) bond motifs is 1. The van der Waals surface area contributed by atoms with Crippen LogP contribution in [-0.4, -0.2) is 19.2 Å². The number of anilines is 1. The van der Waals surface area contributed by atoms with Gasteiger partial charge in [0.2, 0.25) is 0 Å². The number of methoxy groups -OCH3 is 2. The number of aromatic nitrogens is 1. The Balaban J connectivity index is 0.00000210. The number of rotatable bonds is 6. The number of benzene rings is 2. The predicted molar refractivity (Wildman–Crippen MR) is 115 cm³/mol. The van der Waals surface area contributed by atoms with E-state index < -0.39 is 0 Å². The smallest absolute Gasteiger partial charge is 0.183 e. The Morgan fingerprint density at radius 3 is 2.78 bits per heavy atom. The third kappa shape index (κ3) is 4.09. The standard InChI is InChI=1S/C20H18N2O3S.BrH/c1-23-15-4-5-16(19(10-15)24-2)17-12-26-20(22-17)21-11-13-3-6-18-14(9-13)7-8-25-18;/h3-10,12H,11H2,1-2H3,(H,21,22);1H. The molecule has 27 heavy (non-hydrogen) atoms. The zero-order valence-corrected chi connectivity index (χ0v) is 17.4. The number of furan rings is 1. The highest BCUT2D eigenvalue weighted by molar-refractivity contribution is 8.93. The van der Waals surface area contributed by atoms with E-state index in [1.54, 1.807) is 31.8 Å². The first kappa shape index (κ1) is 19.3. The van der Waals surface area contributed by atoms with Crippen LogP contribution in [0.3, 0.4) is 0 Å². The van der Waals surface area contributed by atoms with Gasteiger partial charge in [0.25, 0.3) is 0 Å². The third-order valence-electron chi connectivity index (χ3n) is 4.15. The lowest BCUT2D eigenvalue weighted by Crippen LogP contribution is -1.98. The number of nitrogens with one attached hydrogen (secondary N) is 1. The number of hydrogen-bond acceptors (Lipinski definition) is 6. The summed E-state index contributed by atoms with van der Waals surface area (Å²) >= 11 is 1.57. The van der Waals surface area contributed by atoms with Crippen LogP contribution < -0.4 is 14.8 Å². The zero-order valence-electron chi connectivity index (χ0n) is 14.9. The second kappa shape index (κ2) is 8.45. The molecule has 7 heteroatoms. The number of thiazole rings is 1. The van der Waals surface area contributed by atoms with Crippen LogP contribution in [-0.2, 0) is 6.54 Å². The van der Waals surface area contributed by atoms with Crippen LogP contribution in [0.25, 0.3) is 22.2 Å². The highest BCUT2D eigenvalue weighted by Crippen LogP contribution is 2.35. The van der Waals surface area contributed by atoms with Crippen LogP contribution in [0.1, 0.15) is 5.56 Å². The van der Waals surface area contributed by atoms with Crippen molar-refractivity contribution in [2.45, 2.75) is 6.54 Å². The molecule has 0 aliphatic heterocycles. The van der Waals surface area contributed by atoms with Gasteiger partial charge in [-0.1, -0.05) is 6.07 Å². The zero-order chi connectivity index (χ0) is 17.9. The maximum absolute atomic E-state index is 5.47. The molecule has 0 amide bonds. The fraction of sp³-hybridized carbons (Fsp3) is 0.150. The van der Waals surface area contributed by atoms with Crippen molar-refractivity contribution >= 4 is 44.4 Å². The molecule has 0 bridgehead atoms. The summed E-state index contributed by atoms with van der Waals surface area (Å²) in [5.74, 6) is 1.50. The van der Waals surface area contributed by atoms with E-state index >= 15 is 0 Å². The summed E-state index contributed by atoms with van der Waals surface area (Å²) in [6.07, 6.45) is 1.71. The molecule has 140 valence electrons. The van der Waals surface area contributed by atoms with Crippen LogP contribution in [0.15, 0.2) is 58.5 Å². The van der Waals surface area contributed by atoms with Crippen LogP contribution in [0.4, 0.5) is 5.13 Å². The van der Waals surface area contributed by atoms with Crippen molar-refractivity contribution in [2.75, 3.05) is 19.5 Å². The lowest BCUT2D eigenvalue weighted by atomic mass is 10.1. The first-order chi connectivity index (χ1) is 12.8. The van der Waals surface area contributed by atoms with Crippen LogP contribution >= 0.6 is 28.3 Å². The minimum Gasteiger partial charge on any atom is -0.497 e. The Kier molecular flexibility index (Phi) is 6.03. The number of ether oxygens (including phenoxy) is 2. The molecule has 0 radical (unpaired) electrons. The van der Waals surface area contributed by atoms with Gasteiger partial charge in [-0.25, -0.2) is 4.98 Å². The molecule has 0 aliphatic carbocycles. The van der Waals surface area contributed by atoms with Crippen molar-refractivity contribution in [1.29, 1.82) is 0 Å². The predicted octanol–water partition coefficient (Wildman–Crippen LogP) is 5.76. The van der Waals surface area contributed by atoms with Gasteiger partial charge in [-0.3, -0.25) is 0 Å². The van der Waals surface area contributed by atoms with Crippen LogP contribution in [0.5, 0.6) is 11.5 Å². The van der Waals surface area contributed by atoms with E-state index in [4.69, 9.17) is 13.9 Å². The molecule has 4 rings (SSSR count). The van der Waals surface area contributed by atoms with Gasteiger partial charge in [0.15, 0.2) is 5.13 Å². The molecular weight excluding hydrogens is 428 g/mol. The molecule has 2 aromatic heterocycles. The summed E-state index contributed by atoms with van der Waals surface area (Å²) in [4.78, 5) is 4.68. The van der Waals surface area contributed by atoms with Gasteiger partial charge >= 0.3 is 0 Å². The van der Waals surface area contributed by atoms with Gasteiger partial charge < -0.3 is 19.2 Å².